The van der Waals surface area contributed by atoms with Gasteiger partial charge in [-0.25, -0.2) is 0 Å². The summed E-state index contributed by atoms with van der Waals surface area (Å²) in [6, 6.07) is 0.574. The molecule has 2 heteroatoms. The Morgan fingerprint density at radius 2 is 2.43 bits per heavy atom. The number of methoxy groups -OCH3 is 1. The van der Waals surface area contributed by atoms with E-state index < -0.39 is 0 Å². The normalized spacial score (nSPS) is 40.3. The van der Waals surface area contributed by atoms with Crippen LogP contribution in [0.3, 0.4) is 0 Å². The third-order valence-electron chi connectivity index (χ3n) is 1.50. The second kappa shape index (κ2) is 1.80. The summed E-state index contributed by atoms with van der Waals surface area (Å²) in [5.74, 6) is 0. The van der Waals surface area contributed by atoms with Crippen LogP contribution in [0.5, 0.6) is 0 Å². The Morgan fingerprint density at radius 1 is 1.71 bits per heavy atom. The van der Waals surface area contributed by atoms with Crippen molar-refractivity contribution in [1.82, 2.24) is 5.32 Å². The molecule has 42 valence electrons. The molecule has 0 radical (unpaired) electrons. The Kier molecular flexibility index (Phi) is 1.30. The minimum absolute atomic E-state index is 0.472. The molecule has 0 saturated carbocycles. The largest absolute Gasteiger partial charge is 0.379 e. The third kappa shape index (κ3) is 0.763. The van der Waals surface area contributed by atoms with Crippen LogP contribution in [0.1, 0.15) is 6.92 Å². The van der Waals surface area contributed by atoms with Gasteiger partial charge in [0.15, 0.2) is 0 Å². The van der Waals surface area contributed by atoms with Crippen LogP contribution in [0, 0.1) is 0 Å². The first-order valence-corrected chi connectivity index (χ1v) is 2.61. The molecule has 0 amide bonds. The van der Waals surface area contributed by atoms with E-state index >= 15 is 0 Å². The Morgan fingerprint density at radius 3 is 2.43 bits per heavy atom. The van der Waals surface area contributed by atoms with Gasteiger partial charge in [-0.05, 0) is 6.92 Å². The molecule has 0 bridgehead atoms. The smallest absolute Gasteiger partial charge is 0.0845 e. The molecule has 1 saturated heterocycles. The zero-order chi connectivity index (χ0) is 5.28. The van der Waals surface area contributed by atoms with E-state index in [0.29, 0.717) is 12.1 Å². The molecule has 1 aliphatic rings. The van der Waals surface area contributed by atoms with E-state index in [2.05, 4.69) is 12.2 Å². The lowest BCUT2D eigenvalue weighted by atomic mass is 10.1. The van der Waals surface area contributed by atoms with Gasteiger partial charge in [0.1, 0.15) is 0 Å². The first kappa shape index (κ1) is 5.06. The van der Waals surface area contributed by atoms with Crippen LogP contribution in [0.4, 0.5) is 0 Å². The molecule has 0 spiro atoms. The molecule has 2 atom stereocenters. The topological polar surface area (TPSA) is 21.3 Å². The summed E-state index contributed by atoms with van der Waals surface area (Å²) in [7, 11) is 1.75. The molecule has 1 heterocycles. The number of hydrogen-bond acceptors (Lipinski definition) is 2. The number of hydrogen-bond donors (Lipinski definition) is 1. The minimum Gasteiger partial charge on any atom is -0.379 e. The van der Waals surface area contributed by atoms with Gasteiger partial charge in [0.05, 0.1) is 6.10 Å². The van der Waals surface area contributed by atoms with Crippen LogP contribution in [-0.2, 0) is 4.74 Å². The Balaban J connectivity index is 2.16. The fourth-order valence-electron chi connectivity index (χ4n) is 0.737. The lowest BCUT2D eigenvalue weighted by Crippen LogP contribution is -2.56. The summed E-state index contributed by atoms with van der Waals surface area (Å²) in [6.07, 6.45) is 0.472. The highest BCUT2D eigenvalue weighted by Gasteiger charge is 2.24. The van der Waals surface area contributed by atoms with E-state index in [4.69, 9.17) is 4.74 Å². The van der Waals surface area contributed by atoms with Gasteiger partial charge in [0, 0.05) is 19.7 Å². The maximum atomic E-state index is 5.04. The van der Waals surface area contributed by atoms with Crippen molar-refractivity contribution in [3.8, 4) is 0 Å². The zero-order valence-electron chi connectivity index (χ0n) is 4.77. The van der Waals surface area contributed by atoms with E-state index in [-0.39, 0.29) is 0 Å². The van der Waals surface area contributed by atoms with Crippen LogP contribution in [0.15, 0.2) is 0 Å². The molecule has 0 aromatic rings. The standard InChI is InChI=1S/C5H11NO/c1-4-5(7-2)3-6-4/h4-6H,3H2,1-2H3. The van der Waals surface area contributed by atoms with Crippen molar-refractivity contribution in [3.05, 3.63) is 0 Å². The lowest BCUT2D eigenvalue weighted by molar-refractivity contribution is 0.0231. The van der Waals surface area contributed by atoms with Gasteiger partial charge >= 0.3 is 0 Å². The number of ether oxygens (including phenoxy) is 1. The number of nitrogens with one attached hydrogen (secondary N) is 1. The fourth-order valence-corrected chi connectivity index (χ4v) is 0.737. The van der Waals surface area contributed by atoms with Crippen molar-refractivity contribution in [3.63, 3.8) is 0 Å². The average molecular weight is 101 g/mol. The van der Waals surface area contributed by atoms with Crippen LogP contribution >= 0.6 is 0 Å². The second-order valence-electron chi connectivity index (χ2n) is 1.97. The highest BCUT2D eigenvalue weighted by Crippen LogP contribution is 2.04. The molecule has 1 rings (SSSR count). The highest BCUT2D eigenvalue weighted by atomic mass is 16.5. The molecule has 1 N–H and O–H groups in total. The van der Waals surface area contributed by atoms with E-state index in [1.807, 2.05) is 0 Å². The summed E-state index contributed by atoms with van der Waals surface area (Å²) in [4.78, 5) is 0. The Bertz CT molecular complexity index is 63.1. The van der Waals surface area contributed by atoms with E-state index in [1.54, 1.807) is 7.11 Å². The molecule has 1 fully saturated rings. The van der Waals surface area contributed by atoms with Gasteiger partial charge in [-0.15, -0.1) is 0 Å². The van der Waals surface area contributed by atoms with E-state index in [0.717, 1.165) is 6.54 Å². The van der Waals surface area contributed by atoms with Gasteiger partial charge in [0.2, 0.25) is 0 Å². The summed E-state index contributed by atoms with van der Waals surface area (Å²) < 4.78 is 5.04. The molecule has 0 aromatic carbocycles. The highest BCUT2D eigenvalue weighted by molar-refractivity contribution is 4.84. The van der Waals surface area contributed by atoms with Crippen LogP contribution < -0.4 is 5.32 Å². The van der Waals surface area contributed by atoms with Crippen molar-refractivity contribution in [2.45, 2.75) is 19.1 Å². The molecular formula is C5H11NO. The average Bonchev–Trinajstić information content (AvgIpc) is 1.65. The quantitative estimate of drug-likeness (QED) is 0.501. The summed E-state index contributed by atoms with van der Waals surface area (Å²) >= 11 is 0. The third-order valence-corrected chi connectivity index (χ3v) is 1.50. The van der Waals surface area contributed by atoms with E-state index in [1.165, 1.54) is 0 Å². The lowest BCUT2D eigenvalue weighted by Gasteiger charge is -2.33. The van der Waals surface area contributed by atoms with Crippen LogP contribution in [0.25, 0.3) is 0 Å². The number of rotatable bonds is 1. The summed E-state index contributed by atoms with van der Waals surface area (Å²) in [5.41, 5.74) is 0. The maximum Gasteiger partial charge on any atom is 0.0845 e. The van der Waals surface area contributed by atoms with Crippen molar-refractivity contribution in [1.29, 1.82) is 0 Å². The Labute approximate surface area is 43.9 Å². The van der Waals surface area contributed by atoms with Gasteiger partial charge in [-0.2, -0.15) is 0 Å². The van der Waals surface area contributed by atoms with Gasteiger partial charge in [-0.3, -0.25) is 0 Å². The van der Waals surface area contributed by atoms with Gasteiger partial charge in [-0.1, -0.05) is 0 Å². The Hall–Kier alpha value is -0.0800. The maximum absolute atomic E-state index is 5.04. The van der Waals surface area contributed by atoms with Crippen LogP contribution in [-0.4, -0.2) is 25.8 Å². The SMILES string of the molecule is COC1CNC1C. The predicted octanol–water partition coefficient (Wildman–Crippen LogP) is -0.00690. The van der Waals surface area contributed by atoms with Gasteiger partial charge < -0.3 is 10.1 Å². The molecule has 1 aliphatic heterocycles. The van der Waals surface area contributed by atoms with Gasteiger partial charge in [0.25, 0.3) is 0 Å². The predicted molar refractivity (Wildman–Crippen MR) is 28.3 cm³/mol. The first-order valence-electron chi connectivity index (χ1n) is 2.61. The van der Waals surface area contributed by atoms with Crippen molar-refractivity contribution in [2.24, 2.45) is 0 Å². The first-order chi connectivity index (χ1) is 3.34. The fraction of sp³-hybridized carbons (Fsp3) is 1.00. The monoisotopic (exact) mass is 101 g/mol. The summed E-state index contributed by atoms with van der Waals surface area (Å²) in [6.45, 7) is 3.15. The molecular weight excluding hydrogens is 90.1 g/mol. The minimum atomic E-state index is 0.472. The molecule has 7 heavy (non-hydrogen) atoms. The molecule has 2 nitrogen and oxygen atoms in total. The van der Waals surface area contributed by atoms with Crippen molar-refractivity contribution >= 4 is 0 Å². The van der Waals surface area contributed by atoms with Crippen LogP contribution in [0.2, 0.25) is 0 Å². The van der Waals surface area contributed by atoms with E-state index in [9.17, 15) is 0 Å². The second-order valence-corrected chi connectivity index (χ2v) is 1.97. The molecule has 0 aliphatic carbocycles. The molecule has 2 unspecified atom stereocenters. The zero-order valence-corrected chi connectivity index (χ0v) is 4.77. The summed E-state index contributed by atoms with van der Waals surface area (Å²) in [5, 5.41) is 3.18. The van der Waals surface area contributed by atoms with Crippen molar-refractivity contribution < 1.29 is 4.74 Å². The molecule has 0 aromatic heterocycles. The van der Waals surface area contributed by atoms with Crippen molar-refractivity contribution in [2.75, 3.05) is 13.7 Å².